The van der Waals surface area contributed by atoms with Gasteiger partial charge >= 0.3 is 0 Å². The van der Waals surface area contributed by atoms with Gasteiger partial charge in [-0.15, -0.1) is 0 Å². The smallest absolute Gasteiger partial charge is 0.259 e. The summed E-state index contributed by atoms with van der Waals surface area (Å²) in [4.78, 5) is 23.5. The van der Waals surface area contributed by atoms with E-state index >= 15 is 0 Å². The number of benzene rings is 2. The Hall–Kier alpha value is -2.86. The Bertz CT molecular complexity index is 773. The van der Waals surface area contributed by atoms with E-state index in [2.05, 4.69) is 15.8 Å². The van der Waals surface area contributed by atoms with Crippen LogP contribution in [0, 0.1) is 6.92 Å². The zero-order valence-corrected chi connectivity index (χ0v) is 13.7. The van der Waals surface area contributed by atoms with Crippen molar-refractivity contribution in [3.63, 3.8) is 0 Å². The van der Waals surface area contributed by atoms with Crippen LogP contribution in [0.4, 0.5) is 0 Å². The van der Waals surface area contributed by atoms with Crippen molar-refractivity contribution in [1.82, 2.24) is 10.7 Å². The Kier molecular flexibility index (Phi) is 5.92. The number of halogens is 1. The van der Waals surface area contributed by atoms with E-state index in [1.54, 1.807) is 36.4 Å². The molecule has 24 heavy (non-hydrogen) atoms. The van der Waals surface area contributed by atoms with Crippen LogP contribution in [0.15, 0.2) is 47.6 Å². The van der Waals surface area contributed by atoms with E-state index in [1.807, 2.05) is 13.0 Å². The second-order valence-electron chi connectivity index (χ2n) is 5.05. The monoisotopic (exact) mass is 345 g/mol. The van der Waals surface area contributed by atoms with Crippen LogP contribution < -0.4 is 10.7 Å². The average Bonchev–Trinajstić information content (AvgIpc) is 2.55. The molecule has 0 saturated heterocycles. The molecule has 0 aliphatic carbocycles. The predicted octanol–water partition coefficient (Wildman–Crippen LogP) is 2.23. The summed E-state index contributed by atoms with van der Waals surface area (Å²) in [5, 5.41) is 16.4. The third-order valence-corrected chi connectivity index (χ3v) is 3.35. The molecule has 0 aliphatic rings. The SMILES string of the molecule is Cc1ccc(/C=N/NC(=O)CNC(=O)c2ccc(Cl)cc2)c(O)c1. The highest BCUT2D eigenvalue weighted by Gasteiger charge is 2.07. The van der Waals surface area contributed by atoms with Crippen LogP contribution in [0.2, 0.25) is 5.02 Å². The summed E-state index contributed by atoms with van der Waals surface area (Å²) in [6, 6.07) is 11.4. The molecule has 0 aliphatic heterocycles. The van der Waals surface area contributed by atoms with Crippen molar-refractivity contribution < 1.29 is 14.7 Å². The van der Waals surface area contributed by atoms with Crippen molar-refractivity contribution in [3.05, 3.63) is 64.2 Å². The Labute approximate surface area is 144 Å². The molecular weight excluding hydrogens is 330 g/mol. The van der Waals surface area contributed by atoms with Gasteiger partial charge in [0, 0.05) is 16.1 Å². The molecule has 0 atom stereocenters. The molecular formula is C17H16ClN3O3. The predicted molar refractivity (Wildman–Crippen MR) is 92.4 cm³/mol. The molecule has 0 fully saturated rings. The number of carbonyl (C=O) groups excluding carboxylic acids is 2. The average molecular weight is 346 g/mol. The third-order valence-electron chi connectivity index (χ3n) is 3.09. The first-order valence-electron chi connectivity index (χ1n) is 7.11. The van der Waals surface area contributed by atoms with Crippen LogP contribution in [-0.4, -0.2) is 29.7 Å². The number of hydrazone groups is 1. The van der Waals surface area contributed by atoms with Crippen molar-refractivity contribution >= 4 is 29.6 Å². The Balaban J connectivity index is 1.81. The van der Waals surface area contributed by atoms with E-state index in [9.17, 15) is 14.7 Å². The van der Waals surface area contributed by atoms with Crippen molar-refractivity contribution in [2.75, 3.05) is 6.54 Å². The van der Waals surface area contributed by atoms with Gasteiger partial charge in [0.05, 0.1) is 12.8 Å². The molecule has 7 heteroatoms. The largest absolute Gasteiger partial charge is 0.507 e. The minimum absolute atomic E-state index is 0.0732. The van der Waals surface area contributed by atoms with Crippen molar-refractivity contribution in [2.45, 2.75) is 6.92 Å². The highest BCUT2D eigenvalue weighted by molar-refractivity contribution is 6.30. The lowest BCUT2D eigenvalue weighted by Gasteiger charge is -2.04. The highest BCUT2D eigenvalue weighted by Crippen LogP contribution is 2.15. The first-order chi connectivity index (χ1) is 11.5. The van der Waals surface area contributed by atoms with Crippen LogP contribution >= 0.6 is 11.6 Å². The molecule has 0 radical (unpaired) electrons. The quantitative estimate of drug-likeness (QED) is 0.573. The summed E-state index contributed by atoms with van der Waals surface area (Å²) in [5.74, 6) is -0.800. The van der Waals surface area contributed by atoms with Gasteiger partial charge in [0.1, 0.15) is 5.75 Å². The number of aryl methyl sites for hydroxylation is 1. The zero-order chi connectivity index (χ0) is 17.5. The molecule has 2 aromatic rings. The number of nitrogens with zero attached hydrogens (tertiary/aromatic N) is 1. The van der Waals surface area contributed by atoms with Gasteiger partial charge in [0.2, 0.25) is 0 Å². The Morgan fingerprint density at radius 2 is 1.92 bits per heavy atom. The first kappa shape index (κ1) is 17.5. The van der Waals surface area contributed by atoms with Gasteiger partial charge in [-0.1, -0.05) is 17.7 Å². The zero-order valence-electron chi connectivity index (χ0n) is 12.9. The van der Waals surface area contributed by atoms with Crippen LogP contribution in [0.3, 0.4) is 0 Å². The summed E-state index contributed by atoms with van der Waals surface area (Å²) in [5.41, 5.74) is 4.07. The molecule has 2 amide bonds. The number of nitrogens with one attached hydrogen (secondary N) is 2. The van der Waals surface area contributed by atoms with Gasteiger partial charge in [-0.25, -0.2) is 5.43 Å². The maximum atomic E-state index is 11.8. The van der Waals surface area contributed by atoms with Gasteiger partial charge in [-0.2, -0.15) is 5.10 Å². The van der Waals surface area contributed by atoms with Crippen LogP contribution in [0.5, 0.6) is 5.75 Å². The summed E-state index contributed by atoms with van der Waals surface area (Å²) in [6.45, 7) is 1.63. The van der Waals surface area contributed by atoms with Crippen molar-refractivity contribution in [1.29, 1.82) is 0 Å². The molecule has 2 aromatic carbocycles. The maximum Gasteiger partial charge on any atom is 0.259 e. The minimum Gasteiger partial charge on any atom is -0.507 e. The number of rotatable bonds is 5. The summed E-state index contributed by atoms with van der Waals surface area (Å²) < 4.78 is 0. The fourth-order valence-corrected chi connectivity index (χ4v) is 1.97. The minimum atomic E-state index is -0.486. The topological polar surface area (TPSA) is 90.8 Å². The van der Waals surface area contributed by atoms with E-state index in [0.29, 0.717) is 16.1 Å². The molecule has 2 rings (SSSR count). The van der Waals surface area contributed by atoms with E-state index in [4.69, 9.17) is 11.6 Å². The summed E-state index contributed by atoms with van der Waals surface area (Å²) >= 11 is 5.74. The lowest BCUT2D eigenvalue weighted by Crippen LogP contribution is -2.34. The molecule has 0 spiro atoms. The second-order valence-corrected chi connectivity index (χ2v) is 5.48. The number of amides is 2. The number of aromatic hydroxyl groups is 1. The molecule has 0 unspecified atom stereocenters. The standard InChI is InChI=1S/C17H16ClN3O3/c1-11-2-3-13(15(22)8-11)9-20-21-16(23)10-19-17(24)12-4-6-14(18)7-5-12/h2-9,22H,10H2,1H3,(H,19,24)(H,21,23)/b20-9+. The van der Waals surface area contributed by atoms with Gasteiger partial charge < -0.3 is 10.4 Å². The lowest BCUT2D eigenvalue weighted by molar-refractivity contribution is -0.120. The fourth-order valence-electron chi connectivity index (χ4n) is 1.84. The molecule has 124 valence electrons. The Morgan fingerprint density at radius 3 is 2.58 bits per heavy atom. The van der Waals surface area contributed by atoms with Crippen LogP contribution in [0.25, 0.3) is 0 Å². The number of hydrogen-bond donors (Lipinski definition) is 3. The van der Waals surface area contributed by atoms with Gasteiger partial charge in [0.15, 0.2) is 0 Å². The third kappa shape index (κ3) is 5.10. The Morgan fingerprint density at radius 1 is 1.21 bits per heavy atom. The van der Waals surface area contributed by atoms with Gasteiger partial charge in [-0.3, -0.25) is 9.59 Å². The normalized spacial score (nSPS) is 10.6. The van der Waals surface area contributed by atoms with Crippen LogP contribution in [-0.2, 0) is 4.79 Å². The lowest BCUT2D eigenvalue weighted by atomic mass is 10.1. The van der Waals surface area contributed by atoms with Crippen LogP contribution in [0.1, 0.15) is 21.5 Å². The fraction of sp³-hybridized carbons (Fsp3) is 0.118. The molecule has 0 heterocycles. The number of phenolic OH excluding ortho intramolecular Hbond substituents is 1. The number of hydrogen-bond acceptors (Lipinski definition) is 4. The van der Waals surface area contributed by atoms with E-state index in [0.717, 1.165) is 5.56 Å². The molecule has 0 bridgehead atoms. The van der Waals surface area contributed by atoms with E-state index in [1.165, 1.54) is 6.21 Å². The molecule has 0 saturated carbocycles. The summed E-state index contributed by atoms with van der Waals surface area (Å²) in [7, 11) is 0. The van der Waals surface area contributed by atoms with E-state index in [-0.39, 0.29) is 18.2 Å². The molecule has 3 N–H and O–H groups in total. The second kappa shape index (κ2) is 8.12. The number of phenols is 1. The van der Waals surface area contributed by atoms with E-state index < -0.39 is 5.91 Å². The van der Waals surface area contributed by atoms with Gasteiger partial charge in [0.25, 0.3) is 11.8 Å². The van der Waals surface area contributed by atoms with Gasteiger partial charge in [-0.05, 0) is 48.9 Å². The van der Waals surface area contributed by atoms with Crippen molar-refractivity contribution in [3.8, 4) is 5.75 Å². The maximum absolute atomic E-state index is 11.8. The number of carbonyl (C=O) groups is 2. The molecule has 6 nitrogen and oxygen atoms in total. The first-order valence-corrected chi connectivity index (χ1v) is 7.49. The molecule has 0 aromatic heterocycles. The summed E-state index contributed by atoms with van der Waals surface area (Å²) in [6.07, 6.45) is 1.33. The van der Waals surface area contributed by atoms with Crippen molar-refractivity contribution in [2.24, 2.45) is 5.10 Å². The highest BCUT2D eigenvalue weighted by atomic mass is 35.5.